The molecule has 0 saturated carbocycles. The summed E-state index contributed by atoms with van der Waals surface area (Å²) >= 11 is 1.64. The average Bonchev–Trinajstić information content (AvgIpc) is 3.30. The van der Waals surface area contributed by atoms with Crippen LogP contribution in [0.25, 0.3) is 0 Å². The number of hydrogen-bond acceptors (Lipinski definition) is 7. The Kier molecular flexibility index (Phi) is 6.45. The third-order valence-electron chi connectivity index (χ3n) is 4.53. The fourth-order valence-corrected chi connectivity index (χ4v) is 5.30. The number of thioether (sulfide) groups is 1. The summed E-state index contributed by atoms with van der Waals surface area (Å²) in [6, 6.07) is 7.01. The molecule has 2 atom stereocenters. The fraction of sp³-hybridized carbons (Fsp3) is 0.579. The van der Waals surface area contributed by atoms with E-state index in [0.717, 1.165) is 5.75 Å². The third kappa shape index (κ3) is 5.43. The Morgan fingerprint density at radius 3 is 2.45 bits per heavy atom. The second-order valence-corrected chi connectivity index (χ2v) is 10.7. The maximum absolute atomic E-state index is 13.0. The lowest BCUT2D eigenvalue weighted by molar-refractivity contribution is -0.134. The molecule has 2 saturated heterocycles. The van der Waals surface area contributed by atoms with Gasteiger partial charge in [0.15, 0.2) is 0 Å². The normalized spacial score (nSPS) is 22.7. The first kappa shape index (κ1) is 21.9. The monoisotopic (exact) mass is 442 g/mol. The van der Waals surface area contributed by atoms with Gasteiger partial charge in [0.25, 0.3) is 10.1 Å². The second kappa shape index (κ2) is 8.53. The van der Waals surface area contributed by atoms with Gasteiger partial charge in [-0.1, -0.05) is 18.2 Å². The molecule has 0 aromatic heterocycles. The van der Waals surface area contributed by atoms with E-state index in [4.69, 9.17) is 8.92 Å². The summed E-state index contributed by atoms with van der Waals surface area (Å²) in [6.07, 6.45) is -1.37. The molecule has 0 unspecified atom stereocenters. The molecule has 0 aliphatic carbocycles. The van der Waals surface area contributed by atoms with E-state index in [9.17, 15) is 18.0 Å². The Balaban J connectivity index is 1.78. The number of amides is 2. The lowest BCUT2D eigenvalue weighted by Gasteiger charge is -2.29. The van der Waals surface area contributed by atoms with Gasteiger partial charge in [-0.3, -0.25) is 13.9 Å². The SMILES string of the molecule is CC(C)(C)OC(=O)N1C[C@@H](OS(=O)(=O)c2ccccc2)C[C@@H]1C(=O)N1CCSC1. The van der Waals surface area contributed by atoms with Gasteiger partial charge in [-0.25, -0.2) is 4.79 Å². The maximum Gasteiger partial charge on any atom is 0.411 e. The van der Waals surface area contributed by atoms with Crippen molar-refractivity contribution in [1.82, 2.24) is 9.80 Å². The Bertz CT molecular complexity index is 847. The number of ether oxygens (including phenoxy) is 1. The lowest BCUT2D eigenvalue weighted by Crippen LogP contribution is -2.48. The van der Waals surface area contributed by atoms with Crippen molar-refractivity contribution in [3.8, 4) is 0 Å². The molecule has 2 fully saturated rings. The summed E-state index contributed by atoms with van der Waals surface area (Å²) in [7, 11) is -4.00. The summed E-state index contributed by atoms with van der Waals surface area (Å²) in [4.78, 5) is 28.7. The van der Waals surface area contributed by atoms with Crippen LogP contribution in [0.1, 0.15) is 27.2 Å². The van der Waals surface area contributed by atoms with Crippen LogP contribution in [0.2, 0.25) is 0 Å². The minimum Gasteiger partial charge on any atom is -0.444 e. The molecular formula is C19H26N2O6S2. The molecule has 8 nitrogen and oxygen atoms in total. The number of likely N-dealkylation sites (tertiary alicyclic amines) is 1. The van der Waals surface area contributed by atoms with Crippen molar-refractivity contribution in [2.24, 2.45) is 0 Å². The number of nitrogens with zero attached hydrogens (tertiary/aromatic N) is 2. The van der Waals surface area contributed by atoms with E-state index in [1.54, 1.807) is 55.6 Å². The third-order valence-corrected chi connectivity index (χ3v) is 6.88. The number of carbonyl (C=O) groups is 2. The van der Waals surface area contributed by atoms with Crippen LogP contribution in [0.3, 0.4) is 0 Å². The van der Waals surface area contributed by atoms with Gasteiger partial charge >= 0.3 is 6.09 Å². The van der Waals surface area contributed by atoms with E-state index < -0.39 is 34.0 Å². The molecule has 2 aliphatic heterocycles. The van der Waals surface area contributed by atoms with Crippen molar-refractivity contribution in [2.75, 3.05) is 24.7 Å². The van der Waals surface area contributed by atoms with Crippen LogP contribution in [0, 0.1) is 0 Å². The predicted octanol–water partition coefficient (Wildman–Crippen LogP) is 2.30. The quantitative estimate of drug-likeness (QED) is 0.661. The van der Waals surface area contributed by atoms with Gasteiger partial charge in [-0.15, -0.1) is 11.8 Å². The van der Waals surface area contributed by atoms with Crippen LogP contribution >= 0.6 is 11.8 Å². The summed E-state index contributed by atoms with van der Waals surface area (Å²) < 4.78 is 36.0. The predicted molar refractivity (Wildman–Crippen MR) is 109 cm³/mol. The van der Waals surface area contributed by atoms with Crippen molar-refractivity contribution in [2.45, 2.75) is 49.8 Å². The molecule has 0 bridgehead atoms. The number of rotatable bonds is 4. The van der Waals surface area contributed by atoms with E-state index in [0.29, 0.717) is 12.4 Å². The highest BCUT2D eigenvalue weighted by atomic mass is 32.2. The van der Waals surface area contributed by atoms with Crippen molar-refractivity contribution >= 4 is 33.9 Å². The van der Waals surface area contributed by atoms with Gasteiger partial charge in [-0.05, 0) is 32.9 Å². The summed E-state index contributed by atoms with van der Waals surface area (Å²) in [5.74, 6) is 1.20. The lowest BCUT2D eigenvalue weighted by atomic mass is 10.1. The molecular weight excluding hydrogens is 416 g/mol. The van der Waals surface area contributed by atoms with E-state index in [-0.39, 0.29) is 23.8 Å². The summed E-state index contributed by atoms with van der Waals surface area (Å²) in [6.45, 7) is 5.79. The zero-order valence-electron chi connectivity index (χ0n) is 16.7. The zero-order chi connectivity index (χ0) is 21.2. The van der Waals surface area contributed by atoms with E-state index in [1.165, 1.54) is 17.0 Å². The highest BCUT2D eigenvalue weighted by Gasteiger charge is 2.45. The van der Waals surface area contributed by atoms with Crippen LogP contribution in [-0.2, 0) is 23.8 Å². The van der Waals surface area contributed by atoms with Crippen molar-refractivity contribution in [1.29, 1.82) is 0 Å². The highest BCUT2D eigenvalue weighted by molar-refractivity contribution is 7.99. The summed E-state index contributed by atoms with van der Waals surface area (Å²) in [5, 5.41) is 0. The van der Waals surface area contributed by atoms with Crippen molar-refractivity contribution < 1.29 is 26.9 Å². The Morgan fingerprint density at radius 1 is 1.17 bits per heavy atom. The number of benzene rings is 1. The van der Waals surface area contributed by atoms with Crippen molar-refractivity contribution in [3.05, 3.63) is 30.3 Å². The van der Waals surface area contributed by atoms with E-state index in [2.05, 4.69) is 0 Å². The Labute approximate surface area is 175 Å². The van der Waals surface area contributed by atoms with Crippen LogP contribution < -0.4 is 0 Å². The molecule has 2 heterocycles. The number of carbonyl (C=O) groups excluding carboxylic acids is 2. The van der Waals surface area contributed by atoms with Gasteiger partial charge in [0, 0.05) is 18.7 Å². The summed E-state index contributed by atoms with van der Waals surface area (Å²) in [5.41, 5.74) is -0.733. The van der Waals surface area contributed by atoms with Gasteiger partial charge < -0.3 is 9.64 Å². The molecule has 3 rings (SSSR count). The Hall–Kier alpha value is -1.78. The topological polar surface area (TPSA) is 93.2 Å². The van der Waals surface area contributed by atoms with Gasteiger partial charge in [0.1, 0.15) is 11.6 Å². The highest BCUT2D eigenvalue weighted by Crippen LogP contribution is 2.28. The van der Waals surface area contributed by atoms with Gasteiger partial charge in [0.05, 0.1) is 23.4 Å². The maximum atomic E-state index is 13.0. The van der Waals surface area contributed by atoms with Crippen LogP contribution in [0.5, 0.6) is 0 Å². The smallest absolute Gasteiger partial charge is 0.411 e. The minimum absolute atomic E-state index is 0.0294. The standard InChI is InChI=1S/C19H26N2O6S2/c1-19(2,3)26-18(23)21-12-14(11-16(21)17(22)20-9-10-28-13-20)27-29(24,25)15-7-5-4-6-8-15/h4-8,14,16H,9-13H2,1-3H3/t14-,16+/m0/s1. The van der Waals surface area contributed by atoms with Gasteiger partial charge in [0.2, 0.25) is 5.91 Å². The van der Waals surface area contributed by atoms with E-state index >= 15 is 0 Å². The molecule has 2 aliphatic rings. The molecule has 160 valence electrons. The molecule has 0 spiro atoms. The zero-order valence-corrected chi connectivity index (χ0v) is 18.4. The van der Waals surface area contributed by atoms with Crippen LogP contribution in [-0.4, -0.2) is 72.7 Å². The average molecular weight is 443 g/mol. The first-order valence-corrected chi connectivity index (χ1v) is 12.0. The molecule has 1 aromatic carbocycles. The molecule has 2 amide bonds. The van der Waals surface area contributed by atoms with Crippen molar-refractivity contribution in [3.63, 3.8) is 0 Å². The van der Waals surface area contributed by atoms with Crippen LogP contribution in [0.4, 0.5) is 4.79 Å². The largest absolute Gasteiger partial charge is 0.444 e. The van der Waals surface area contributed by atoms with Gasteiger partial charge in [-0.2, -0.15) is 8.42 Å². The minimum atomic E-state index is -4.00. The second-order valence-electron chi connectivity index (χ2n) is 8.01. The molecule has 0 radical (unpaired) electrons. The molecule has 1 aromatic rings. The van der Waals surface area contributed by atoms with E-state index in [1.807, 2.05) is 0 Å². The fourth-order valence-electron chi connectivity index (χ4n) is 3.24. The number of hydrogen-bond donors (Lipinski definition) is 0. The molecule has 0 N–H and O–H groups in total. The molecule has 29 heavy (non-hydrogen) atoms. The van der Waals surface area contributed by atoms with Crippen LogP contribution in [0.15, 0.2) is 35.2 Å². The first-order valence-electron chi connectivity index (χ1n) is 9.41. The molecule has 10 heteroatoms. The first-order chi connectivity index (χ1) is 13.6. The Morgan fingerprint density at radius 2 is 1.86 bits per heavy atom.